The topological polar surface area (TPSA) is 46.8 Å². The molecule has 4 nitrogen and oxygen atoms in total. The number of hydrogen-bond acceptors (Lipinski definition) is 3. The van der Waals surface area contributed by atoms with Crippen LogP contribution in [0.25, 0.3) is 16.9 Å². The van der Waals surface area contributed by atoms with Crippen molar-refractivity contribution in [2.75, 3.05) is 0 Å². The van der Waals surface area contributed by atoms with E-state index >= 15 is 0 Å². The predicted octanol–water partition coefficient (Wildman–Crippen LogP) is 4.19. The zero-order chi connectivity index (χ0) is 15.9. The molecule has 0 aliphatic rings. The van der Waals surface area contributed by atoms with Crippen molar-refractivity contribution in [3.8, 4) is 22.8 Å². The summed E-state index contributed by atoms with van der Waals surface area (Å²) in [7, 11) is 0. The van der Waals surface area contributed by atoms with Gasteiger partial charge in [0.15, 0.2) is 0 Å². The van der Waals surface area contributed by atoms with Crippen molar-refractivity contribution in [3.63, 3.8) is 0 Å². The van der Waals surface area contributed by atoms with Gasteiger partial charge in [0, 0.05) is 24.0 Å². The molecule has 22 heavy (non-hydrogen) atoms. The van der Waals surface area contributed by atoms with Gasteiger partial charge < -0.3 is 9.84 Å². The highest BCUT2D eigenvalue weighted by atomic mass is 16.5. The molecular formula is C18H20N2O2. The number of ether oxygens (including phenoxy) is 1. The maximum atomic E-state index is 10.4. The lowest BCUT2D eigenvalue weighted by molar-refractivity contribution is 0.130. The lowest BCUT2D eigenvalue weighted by Gasteiger charge is -2.22. The molecule has 0 bridgehead atoms. The molecule has 3 rings (SSSR count). The number of pyridine rings is 1. The number of phenols is 1. The van der Waals surface area contributed by atoms with Crippen LogP contribution < -0.4 is 4.74 Å². The third-order valence-corrected chi connectivity index (χ3v) is 3.41. The van der Waals surface area contributed by atoms with Crippen molar-refractivity contribution in [1.82, 2.24) is 9.38 Å². The number of benzene rings is 1. The molecule has 1 aromatic carbocycles. The van der Waals surface area contributed by atoms with Gasteiger partial charge in [-0.2, -0.15) is 0 Å². The fraction of sp³-hybridized carbons (Fsp3) is 0.278. The first-order valence-corrected chi connectivity index (χ1v) is 7.30. The number of imidazole rings is 1. The molecule has 2 aromatic heterocycles. The molecule has 0 saturated heterocycles. The van der Waals surface area contributed by atoms with Crippen molar-refractivity contribution in [2.24, 2.45) is 0 Å². The molecule has 2 heterocycles. The van der Waals surface area contributed by atoms with Crippen LogP contribution in [0.5, 0.6) is 11.5 Å². The van der Waals surface area contributed by atoms with Gasteiger partial charge in [0.25, 0.3) is 0 Å². The fourth-order valence-electron chi connectivity index (χ4n) is 2.57. The zero-order valence-corrected chi connectivity index (χ0v) is 13.3. The maximum absolute atomic E-state index is 10.4. The van der Waals surface area contributed by atoms with Gasteiger partial charge in [-0.25, -0.2) is 4.98 Å². The minimum atomic E-state index is -0.297. The van der Waals surface area contributed by atoms with Gasteiger partial charge in [-0.1, -0.05) is 6.07 Å². The molecule has 0 aliphatic heterocycles. The molecule has 0 spiro atoms. The maximum Gasteiger partial charge on any atom is 0.137 e. The number of hydrogen-bond donors (Lipinski definition) is 1. The van der Waals surface area contributed by atoms with Crippen LogP contribution in [0.1, 0.15) is 26.3 Å². The summed E-state index contributed by atoms with van der Waals surface area (Å²) in [5.74, 6) is 0.857. The normalized spacial score (nSPS) is 11.8. The van der Waals surface area contributed by atoms with E-state index in [1.165, 1.54) is 0 Å². The number of nitrogens with zero attached hydrogens (tertiary/aromatic N) is 2. The average Bonchev–Trinajstić information content (AvgIpc) is 2.86. The highest BCUT2D eigenvalue weighted by Crippen LogP contribution is 2.35. The largest absolute Gasteiger partial charge is 0.507 e. The molecule has 114 valence electrons. The van der Waals surface area contributed by atoms with Crippen molar-refractivity contribution < 1.29 is 9.84 Å². The number of rotatable bonds is 2. The molecule has 4 heteroatoms. The highest BCUT2D eigenvalue weighted by molar-refractivity contribution is 5.73. The number of aryl methyl sites for hydroxylation is 1. The van der Waals surface area contributed by atoms with Crippen molar-refractivity contribution in [1.29, 1.82) is 0 Å². The van der Waals surface area contributed by atoms with Gasteiger partial charge in [0.05, 0.1) is 5.69 Å². The predicted molar refractivity (Wildman–Crippen MR) is 87.4 cm³/mol. The zero-order valence-electron chi connectivity index (χ0n) is 13.3. The van der Waals surface area contributed by atoms with E-state index in [0.29, 0.717) is 5.75 Å². The first-order chi connectivity index (χ1) is 10.3. The van der Waals surface area contributed by atoms with Crippen LogP contribution in [0.3, 0.4) is 0 Å². The van der Waals surface area contributed by atoms with Gasteiger partial charge >= 0.3 is 0 Å². The van der Waals surface area contributed by atoms with Crippen molar-refractivity contribution in [3.05, 3.63) is 48.3 Å². The number of fused-ring (bicyclic) bond motifs is 1. The SMILES string of the molecule is Cc1ccc2nccn2c1-c1ccc(OC(C)(C)C)cc1O. The Kier molecular flexibility index (Phi) is 3.32. The summed E-state index contributed by atoms with van der Waals surface area (Å²) < 4.78 is 7.78. The Bertz CT molecular complexity index is 829. The molecule has 0 atom stereocenters. The van der Waals surface area contributed by atoms with E-state index in [2.05, 4.69) is 4.98 Å². The van der Waals surface area contributed by atoms with Gasteiger partial charge in [0.2, 0.25) is 0 Å². The lowest BCUT2D eigenvalue weighted by atomic mass is 10.0. The summed E-state index contributed by atoms with van der Waals surface area (Å²) in [4.78, 5) is 4.30. The summed E-state index contributed by atoms with van der Waals surface area (Å²) in [5.41, 5.74) is 3.34. The van der Waals surface area contributed by atoms with Crippen LogP contribution >= 0.6 is 0 Å². The molecule has 0 fully saturated rings. The lowest BCUT2D eigenvalue weighted by Crippen LogP contribution is -2.22. The second-order valence-corrected chi connectivity index (χ2v) is 6.41. The van der Waals surface area contributed by atoms with Crippen LogP contribution in [-0.2, 0) is 0 Å². The van der Waals surface area contributed by atoms with E-state index in [9.17, 15) is 5.11 Å². The van der Waals surface area contributed by atoms with E-state index in [0.717, 1.165) is 22.5 Å². The minimum absolute atomic E-state index is 0.200. The fourth-order valence-corrected chi connectivity index (χ4v) is 2.57. The molecule has 0 unspecified atom stereocenters. The molecule has 0 aliphatic carbocycles. The van der Waals surface area contributed by atoms with Gasteiger partial charge in [-0.3, -0.25) is 4.40 Å². The molecular weight excluding hydrogens is 276 g/mol. The Morgan fingerprint density at radius 2 is 1.91 bits per heavy atom. The Morgan fingerprint density at radius 1 is 1.14 bits per heavy atom. The third kappa shape index (κ3) is 2.64. The van der Waals surface area contributed by atoms with Crippen molar-refractivity contribution in [2.45, 2.75) is 33.3 Å². The molecule has 0 amide bonds. The molecule has 3 aromatic rings. The van der Waals surface area contributed by atoms with Crippen LogP contribution in [0.15, 0.2) is 42.7 Å². The van der Waals surface area contributed by atoms with Crippen LogP contribution in [0.4, 0.5) is 0 Å². The Labute approximate surface area is 130 Å². The van der Waals surface area contributed by atoms with E-state index in [4.69, 9.17) is 4.74 Å². The monoisotopic (exact) mass is 296 g/mol. The van der Waals surface area contributed by atoms with Crippen molar-refractivity contribution >= 4 is 5.65 Å². The van der Waals surface area contributed by atoms with Crippen LogP contribution in [0, 0.1) is 6.92 Å². The summed E-state index contributed by atoms with van der Waals surface area (Å²) in [6, 6.07) is 9.41. The molecule has 1 N–H and O–H groups in total. The second kappa shape index (κ2) is 5.05. The Balaban J connectivity index is 2.12. The summed E-state index contributed by atoms with van der Waals surface area (Å²) in [5, 5.41) is 10.4. The standard InChI is InChI=1S/C18H20N2O2/c1-12-5-8-16-19-9-10-20(16)17(12)14-7-6-13(11-15(14)21)22-18(2,3)4/h5-11,21H,1-4H3. The van der Waals surface area contributed by atoms with E-state index in [-0.39, 0.29) is 11.4 Å². The van der Waals surface area contributed by atoms with Crippen LogP contribution in [-0.4, -0.2) is 20.1 Å². The highest BCUT2D eigenvalue weighted by Gasteiger charge is 2.16. The van der Waals surface area contributed by atoms with Gasteiger partial charge in [-0.05, 0) is 51.5 Å². The van der Waals surface area contributed by atoms with Gasteiger partial charge in [-0.15, -0.1) is 0 Å². The molecule has 0 radical (unpaired) electrons. The Hall–Kier alpha value is -2.49. The van der Waals surface area contributed by atoms with E-state index in [1.807, 2.05) is 62.6 Å². The van der Waals surface area contributed by atoms with E-state index in [1.54, 1.807) is 12.3 Å². The summed E-state index contributed by atoms with van der Waals surface area (Å²) in [6.07, 6.45) is 3.66. The van der Waals surface area contributed by atoms with E-state index < -0.39 is 0 Å². The number of aromatic hydroxyl groups is 1. The minimum Gasteiger partial charge on any atom is -0.507 e. The first-order valence-electron chi connectivity index (χ1n) is 7.30. The summed E-state index contributed by atoms with van der Waals surface area (Å²) >= 11 is 0. The number of aromatic nitrogens is 2. The third-order valence-electron chi connectivity index (χ3n) is 3.41. The smallest absolute Gasteiger partial charge is 0.137 e. The number of phenolic OH excluding ortho intramolecular Hbond substituents is 1. The first kappa shape index (κ1) is 14.4. The summed E-state index contributed by atoms with van der Waals surface area (Å²) in [6.45, 7) is 7.96. The average molecular weight is 296 g/mol. The van der Waals surface area contributed by atoms with Crippen LogP contribution in [0.2, 0.25) is 0 Å². The second-order valence-electron chi connectivity index (χ2n) is 6.41. The quantitative estimate of drug-likeness (QED) is 0.771. The Morgan fingerprint density at radius 3 is 2.59 bits per heavy atom. The molecule has 0 saturated carbocycles. The van der Waals surface area contributed by atoms with Gasteiger partial charge in [0.1, 0.15) is 22.7 Å².